The SMILES string of the molecule is CCCNCc1cc(F)cc(OCCSC(F)(F)F)c1. The molecule has 0 aliphatic rings. The average molecular weight is 311 g/mol. The van der Waals surface area contributed by atoms with Gasteiger partial charge in [0, 0.05) is 18.4 Å². The summed E-state index contributed by atoms with van der Waals surface area (Å²) in [6.45, 7) is 3.22. The summed E-state index contributed by atoms with van der Waals surface area (Å²) in [7, 11) is 0. The van der Waals surface area contributed by atoms with Gasteiger partial charge in [0.25, 0.3) is 0 Å². The van der Waals surface area contributed by atoms with Crippen molar-refractivity contribution in [1.82, 2.24) is 5.32 Å². The molecule has 0 radical (unpaired) electrons. The second-order valence-corrected chi connectivity index (χ2v) is 5.27. The number of hydrogen-bond donors (Lipinski definition) is 1. The van der Waals surface area contributed by atoms with Gasteiger partial charge < -0.3 is 10.1 Å². The fraction of sp³-hybridized carbons (Fsp3) is 0.538. The molecule has 0 aliphatic carbocycles. The number of ether oxygens (including phenoxy) is 1. The highest BCUT2D eigenvalue weighted by molar-refractivity contribution is 8.00. The molecule has 0 atom stereocenters. The van der Waals surface area contributed by atoms with Crippen LogP contribution in [-0.2, 0) is 6.54 Å². The summed E-state index contributed by atoms with van der Waals surface area (Å²) in [5, 5.41) is 3.12. The Balaban J connectivity index is 2.44. The zero-order valence-electron chi connectivity index (χ0n) is 11.1. The van der Waals surface area contributed by atoms with Gasteiger partial charge in [-0.2, -0.15) is 13.2 Å². The predicted molar refractivity (Wildman–Crippen MR) is 72.4 cm³/mol. The highest BCUT2D eigenvalue weighted by Gasteiger charge is 2.27. The number of rotatable bonds is 8. The predicted octanol–water partition coefficient (Wildman–Crippen LogP) is 3.96. The van der Waals surface area contributed by atoms with Gasteiger partial charge in [0.2, 0.25) is 0 Å². The number of thioether (sulfide) groups is 1. The average Bonchev–Trinajstić information content (AvgIpc) is 2.33. The molecule has 7 heteroatoms. The van der Waals surface area contributed by atoms with Crippen LogP contribution in [0.1, 0.15) is 18.9 Å². The fourth-order valence-corrected chi connectivity index (χ4v) is 1.93. The molecule has 0 aliphatic heterocycles. The number of alkyl halides is 3. The second-order valence-electron chi connectivity index (χ2n) is 4.11. The van der Waals surface area contributed by atoms with E-state index in [0.717, 1.165) is 13.0 Å². The van der Waals surface area contributed by atoms with Gasteiger partial charge >= 0.3 is 5.51 Å². The Morgan fingerprint density at radius 2 is 2.00 bits per heavy atom. The third kappa shape index (κ3) is 7.59. The van der Waals surface area contributed by atoms with Gasteiger partial charge in [0.05, 0.1) is 6.61 Å². The Labute approximate surface area is 119 Å². The van der Waals surface area contributed by atoms with Crippen molar-refractivity contribution in [2.45, 2.75) is 25.4 Å². The van der Waals surface area contributed by atoms with E-state index >= 15 is 0 Å². The van der Waals surface area contributed by atoms with Crippen molar-refractivity contribution in [3.63, 3.8) is 0 Å². The number of nitrogens with one attached hydrogen (secondary N) is 1. The molecule has 1 aromatic rings. The van der Waals surface area contributed by atoms with Crippen molar-refractivity contribution >= 4 is 11.8 Å². The Morgan fingerprint density at radius 3 is 2.65 bits per heavy atom. The van der Waals surface area contributed by atoms with Crippen LogP contribution in [0.5, 0.6) is 5.75 Å². The van der Waals surface area contributed by atoms with Gasteiger partial charge in [-0.1, -0.05) is 6.92 Å². The molecule has 2 nitrogen and oxygen atoms in total. The Hall–Kier alpha value is -0.950. The van der Waals surface area contributed by atoms with Crippen LogP contribution >= 0.6 is 11.8 Å². The van der Waals surface area contributed by atoms with Crippen LogP contribution in [0.4, 0.5) is 17.6 Å². The van der Waals surface area contributed by atoms with E-state index in [-0.39, 0.29) is 29.9 Å². The number of halogens is 4. The Kier molecular flexibility index (Phi) is 7.15. The molecule has 20 heavy (non-hydrogen) atoms. The summed E-state index contributed by atoms with van der Waals surface area (Å²) in [5.41, 5.74) is -3.56. The summed E-state index contributed by atoms with van der Waals surface area (Å²) in [4.78, 5) is 0. The van der Waals surface area contributed by atoms with Gasteiger partial charge in [-0.25, -0.2) is 4.39 Å². The van der Waals surface area contributed by atoms with E-state index in [1.807, 2.05) is 6.92 Å². The van der Waals surface area contributed by atoms with E-state index in [9.17, 15) is 17.6 Å². The lowest BCUT2D eigenvalue weighted by atomic mass is 10.2. The molecule has 1 rings (SSSR count). The molecule has 0 spiro atoms. The van der Waals surface area contributed by atoms with Crippen molar-refractivity contribution in [2.24, 2.45) is 0 Å². The highest BCUT2D eigenvalue weighted by Crippen LogP contribution is 2.29. The van der Waals surface area contributed by atoms with E-state index in [1.165, 1.54) is 12.1 Å². The van der Waals surface area contributed by atoms with Crippen molar-refractivity contribution < 1.29 is 22.3 Å². The van der Waals surface area contributed by atoms with E-state index in [4.69, 9.17) is 4.74 Å². The molecule has 0 heterocycles. The molecule has 0 saturated carbocycles. The molecule has 0 bridgehead atoms. The molecule has 1 N–H and O–H groups in total. The molecule has 114 valence electrons. The molecule has 0 fully saturated rings. The molecular formula is C13H17F4NOS. The van der Waals surface area contributed by atoms with Crippen LogP contribution < -0.4 is 10.1 Å². The van der Waals surface area contributed by atoms with Crippen LogP contribution in [0.3, 0.4) is 0 Å². The van der Waals surface area contributed by atoms with Gasteiger partial charge in [0.15, 0.2) is 0 Å². The van der Waals surface area contributed by atoms with E-state index < -0.39 is 11.3 Å². The van der Waals surface area contributed by atoms with Crippen molar-refractivity contribution in [1.29, 1.82) is 0 Å². The monoisotopic (exact) mass is 311 g/mol. The van der Waals surface area contributed by atoms with Gasteiger partial charge in [-0.3, -0.25) is 0 Å². The molecule has 0 aromatic heterocycles. The van der Waals surface area contributed by atoms with Crippen LogP contribution in [0.15, 0.2) is 18.2 Å². The van der Waals surface area contributed by atoms with Crippen molar-refractivity contribution in [3.8, 4) is 5.75 Å². The van der Waals surface area contributed by atoms with Crippen LogP contribution in [0.2, 0.25) is 0 Å². The standard InChI is InChI=1S/C13H17F4NOS/c1-2-3-18-9-10-6-11(14)8-12(7-10)19-4-5-20-13(15,16)17/h6-8,18H,2-5,9H2,1H3. The van der Waals surface area contributed by atoms with Crippen molar-refractivity contribution in [2.75, 3.05) is 18.9 Å². The highest BCUT2D eigenvalue weighted by atomic mass is 32.2. The zero-order chi connectivity index (χ0) is 15.0. The lowest BCUT2D eigenvalue weighted by Crippen LogP contribution is -2.14. The van der Waals surface area contributed by atoms with Crippen LogP contribution in [-0.4, -0.2) is 24.4 Å². The first-order valence-electron chi connectivity index (χ1n) is 6.24. The molecular weight excluding hydrogens is 294 g/mol. The summed E-state index contributed by atoms with van der Waals surface area (Å²) in [6.07, 6.45) is 0.966. The van der Waals surface area contributed by atoms with E-state index in [0.29, 0.717) is 12.1 Å². The van der Waals surface area contributed by atoms with Crippen LogP contribution in [0.25, 0.3) is 0 Å². The van der Waals surface area contributed by atoms with Crippen molar-refractivity contribution in [3.05, 3.63) is 29.6 Å². The van der Waals surface area contributed by atoms with Gasteiger partial charge in [-0.05, 0) is 42.4 Å². The minimum Gasteiger partial charge on any atom is -0.493 e. The fourth-order valence-electron chi connectivity index (χ4n) is 1.53. The lowest BCUT2D eigenvalue weighted by molar-refractivity contribution is -0.0329. The Bertz CT molecular complexity index is 412. The quantitative estimate of drug-likeness (QED) is 0.580. The summed E-state index contributed by atoms with van der Waals surface area (Å²) < 4.78 is 54.2. The second kappa shape index (κ2) is 8.36. The first-order chi connectivity index (χ1) is 9.40. The maximum Gasteiger partial charge on any atom is 0.441 e. The summed E-state index contributed by atoms with van der Waals surface area (Å²) in [5.74, 6) is -0.427. The van der Waals surface area contributed by atoms with Gasteiger partial charge in [-0.15, -0.1) is 0 Å². The largest absolute Gasteiger partial charge is 0.493 e. The molecule has 0 unspecified atom stereocenters. The first-order valence-corrected chi connectivity index (χ1v) is 7.23. The molecule has 1 aromatic carbocycles. The van der Waals surface area contributed by atoms with Gasteiger partial charge in [0.1, 0.15) is 11.6 Å². The van der Waals surface area contributed by atoms with E-state index in [1.54, 1.807) is 6.07 Å². The minimum atomic E-state index is -4.26. The third-order valence-electron chi connectivity index (χ3n) is 2.30. The summed E-state index contributed by atoms with van der Waals surface area (Å²) >= 11 is -0.153. The Morgan fingerprint density at radius 1 is 1.25 bits per heavy atom. The normalized spacial score (nSPS) is 11.7. The molecule has 0 saturated heterocycles. The molecule has 0 amide bonds. The number of hydrogen-bond acceptors (Lipinski definition) is 3. The van der Waals surface area contributed by atoms with Crippen LogP contribution in [0, 0.1) is 5.82 Å². The van der Waals surface area contributed by atoms with E-state index in [2.05, 4.69) is 5.32 Å². The maximum atomic E-state index is 13.3. The third-order valence-corrected chi connectivity index (χ3v) is 3.00. The number of benzene rings is 1. The maximum absolute atomic E-state index is 13.3. The lowest BCUT2D eigenvalue weighted by Gasteiger charge is -2.10. The minimum absolute atomic E-state index is 0.116. The summed E-state index contributed by atoms with van der Waals surface area (Å²) in [6, 6.07) is 4.17. The zero-order valence-corrected chi connectivity index (χ0v) is 11.9. The first kappa shape index (κ1) is 17.1. The smallest absolute Gasteiger partial charge is 0.441 e. The topological polar surface area (TPSA) is 21.3 Å².